The second kappa shape index (κ2) is 4.41. The summed E-state index contributed by atoms with van der Waals surface area (Å²) in [5.74, 6) is -1.01. The van der Waals surface area contributed by atoms with Gasteiger partial charge in [-0.1, -0.05) is 12.1 Å². The summed E-state index contributed by atoms with van der Waals surface area (Å²) in [6, 6.07) is 5.96. The fraction of sp³-hybridized carbons (Fsp3) is 0.273. The number of hydrogen-bond donors (Lipinski definition) is 1. The second-order valence-electron chi connectivity index (χ2n) is 3.88. The first-order valence-electron chi connectivity index (χ1n) is 5.17. The van der Waals surface area contributed by atoms with E-state index in [1.54, 1.807) is 0 Å². The third kappa shape index (κ3) is 2.21. The summed E-state index contributed by atoms with van der Waals surface area (Å²) in [7, 11) is -2.38. The molecule has 96 valence electrons. The minimum atomic E-state index is -3.64. The molecule has 0 spiro atoms. The fourth-order valence-electron chi connectivity index (χ4n) is 1.80. The van der Waals surface area contributed by atoms with Crippen LogP contribution in [0.1, 0.15) is 27.6 Å². The van der Waals surface area contributed by atoms with Crippen LogP contribution in [-0.4, -0.2) is 27.4 Å². The topological polar surface area (TPSA) is 89.5 Å². The first-order valence-corrected chi connectivity index (χ1v) is 6.71. The molecule has 0 aromatic heterocycles. The number of methoxy groups -OCH3 is 1. The van der Waals surface area contributed by atoms with E-state index >= 15 is 0 Å². The zero-order chi connectivity index (χ0) is 13.3. The highest BCUT2D eigenvalue weighted by Crippen LogP contribution is 2.29. The lowest BCUT2D eigenvalue weighted by Crippen LogP contribution is -2.21. The average molecular weight is 269 g/mol. The van der Waals surface area contributed by atoms with Gasteiger partial charge in [-0.05, 0) is 17.7 Å². The molecule has 1 aromatic rings. The quantitative estimate of drug-likeness (QED) is 0.783. The minimum absolute atomic E-state index is 0.0973. The Morgan fingerprint density at radius 2 is 1.94 bits per heavy atom. The molecule has 0 aliphatic carbocycles. The molecule has 18 heavy (non-hydrogen) atoms. The average Bonchev–Trinajstić information content (AvgIpc) is 2.61. The molecular weight excluding hydrogens is 258 g/mol. The molecule has 1 aromatic carbocycles. The molecule has 6 nitrogen and oxygen atoms in total. The van der Waals surface area contributed by atoms with Gasteiger partial charge in [0.15, 0.2) is 0 Å². The monoisotopic (exact) mass is 269 g/mol. The molecule has 1 amide bonds. The third-order valence-electron chi connectivity index (χ3n) is 2.71. The number of ether oxygens (including phenoxy) is 1. The van der Waals surface area contributed by atoms with Gasteiger partial charge in [-0.25, -0.2) is 13.2 Å². The number of amides is 1. The van der Waals surface area contributed by atoms with E-state index in [4.69, 9.17) is 0 Å². The third-order valence-corrected chi connectivity index (χ3v) is 4.41. The Bertz CT molecular complexity index is 590. The summed E-state index contributed by atoms with van der Waals surface area (Å²) in [6.45, 7) is 0. The lowest BCUT2D eigenvalue weighted by Gasteiger charge is -2.08. The molecule has 0 bridgehead atoms. The van der Waals surface area contributed by atoms with E-state index in [2.05, 4.69) is 4.74 Å². The smallest absolute Gasteiger partial charge is 0.337 e. The Labute approximate surface area is 104 Å². The van der Waals surface area contributed by atoms with E-state index in [9.17, 15) is 18.0 Å². The molecule has 1 aliphatic rings. The highest BCUT2D eigenvalue weighted by molar-refractivity contribution is 7.90. The van der Waals surface area contributed by atoms with Crippen molar-refractivity contribution in [3.05, 3.63) is 35.4 Å². The predicted molar refractivity (Wildman–Crippen MR) is 62.2 cm³/mol. The molecule has 1 aliphatic heterocycles. The maximum Gasteiger partial charge on any atom is 0.337 e. The number of sulfonamides is 1. The van der Waals surface area contributed by atoms with Crippen LogP contribution >= 0.6 is 0 Å². The maximum absolute atomic E-state index is 11.6. The standard InChI is InChI=1S/C11H11NO5S/c1-17-11(14)8-4-2-7(3-5-8)9-6-10(13)12-18(9,15)16/h2-5,9H,6H2,1H3,(H,12,13). The van der Waals surface area contributed by atoms with Crippen LogP contribution in [-0.2, 0) is 19.6 Å². The van der Waals surface area contributed by atoms with Crippen LogP contribution in [0.4, 0.5) is 0 Å². The van der Waals surface area contributed by atoms with Crippen molar-refractivity contribution in [3.63, 3.8) is 0 Å². The molecule has 0 radical (unpaired) electrons. The molecule has 1 heterocycles. The van der Waals surface area contributed by atoms with Crippen molar-refractivity contribution in [2.75, 3.05) is 7.11 Å². The Hall–Kier alpha value is -1.89. The number of carbonyl (C=O) groups excluding carboxylic acids is 2. The summed E-state index contributed by atoms with van der Waals surface area (Å²) >= 11 is 0. The van der Waals surface area contributed by atoms with E-state index in [-0.39, 0.29) is 6.42 Å². The predicted octanol–water partition coefficient (Wildman–Crippen LogP) is 0.364. The summed E-state index contributed by atoms with van der Waals surface area (Å²) < 4.78 is 29.7. The van der Waals surface area contributed by atoms with Gasteiger partial charge in [0.2, 0.25) is 15.9 Å². The minimum Gasteiger partial charge on any atom is -0.465 e. The first-order chi connectivity index (χ1) is 8.44. The van der Waals surface area contributed by atoms with Gasteiger partial charge in [-0.2, -0.15) is 0 Å². The Morgan fingerprint density at radius 1 is 1.33 bits per heavy atom. The molecule has 0 saturated carbocycles. The van der Waals surface area contributed by atoms with Crippen molar-refractivity contribution >= 4 is 21.9 Å². The number of carbonyl (C=O) groups is 2. The van der Waals surface area contributed by atoms with Crippen LogP contribution in [0.3, 0.4) is 0 Å². The van der Waals surface area contributed by atoms with Gasteiger partial charge >= 0.3 is 5.97 Å². The van der Waals surface area contributed by atoms with Crippen molar-refractivity contribution in [3.8, 4) is 0 Å². The fourth-order valence-corrected chi connectivity index (χ4v) is 3.23. The van der Waals surface area contributed by atoms with E-state index in [0.717, 1.165) is 0 Å². The number of hydrogen-bond acceptors (Lipinski definition) is 5. The van der Waals surface area contributed by atoms with Gasteiger partial charge in [0.05, 0.1) is 19.1 Å². The van der Waals surface area contributed by atoms with Crippen LogP contribution in [0.25, 0.3) is 0 Å². The molecule has 1 N–H and O–H groups in total. The summed E-state index contributed by atoms with van der Waals surface area (Å²) in [6.07, 6.45) is -0.0973. The molecule has 1 fully saturated rings. The number of nitrogens with one attached hydrogen (secondary N) is 1. The number of esters is 1. The van der Waals surface area contributed by atoms with Crippen molar-refractivity contribution in [2.45, 2.75) is 11.7 Å². The van der Waals surface area contributed by atoms with Crippen molar-refractivity contribution in [1.29, 1.82) is 0 Å². The highest BCUT2D eigenvalue weighted by atomic mass is 32.2. The lowest BCUT2D eigenvalue weighted by atomic mass is 10.1. The van der Waals surface area contributed by atoms with Gasteiger partial charge in [0, 0.05) is 0 Å². The van der Waals surface area contributed by atoms with Crippen LogP contribution in [0.15, 0.2) is 24.3 Å². The lowest BCUT2D eigenvalue weighted by molar-refractivity contribution is -0.118. The molecule has 1 atom stereocenters. The maximum atomic E-state index is 11.6. The van der Waals surface area contributed by atoms with Crippen LogP contribution in [0.2, 0.25) is 0 Å². The molecule has 7 heteroatoms. The molecular formula is C11H11NO5S. The summed E-state index contributed by atoms with van der Waals surface area (Å²) in [5.41, 5.74) is 0.803. The Morgan fingerprint density at radius 3 is 2.39 bits per heavy atom. The highest BCUT2D eigenvalue weighted by Gasteiger charge is 2.37. The van der Waals surface area contributed by atoms with Gasteiger partial charge in [-0.3, -0.25) is 9.52 Å². The Kier molecular flexibility index (Phi) is 3.08. The normalized spacial score (nSPS) is 21.4. The summed E-state index contributed by atoms with van der Waals surface area (Å²) in [4.78, 5) is 22.3. The summed E-state index contributed by atoms with van der Waals surface area (Å²) in [5, 5.41) is -0.892. The van der Waals surface area contributed by atoms with Crippen molar-refractivity contribution < 1.29 is 22.7 Å². The van der Waals surface area contributed by atoms with Gasteiger partial charge in [-0.15, -0.1) is 0 Å². The van der Waals surface area contributed by atoms with Gasteiger partial charge in [0.1, 0.15) is 5.25 Å². The molecule has 2 rings (SSSR count). The van der Waals surface area contributed by atoms with Crippen molar-refractivity contribution in [1.82, 2.24) is 4.72 Å². The second-order valence-corrected chi connectivity index (χ2v) is 5.74. The Balaban J connectivity index is 2.31. The van der Waals surface area contributed by atoms with Gasteiger partial charge < -0.3 is 4.74 Å². The largest absolute Gasteiger partial charge is 0.465 e. The first kappa shape index (κ1) is 12.6. The molecule has 1 saturated heterocycles. The van der Waals surface area contributed by atoms with Crippen molar-refractivity contribution in [2.24, 2.45) is 0 Å². The van der Waals surface area contributed by atoms with E-state index in [1.807, 2.05) is 4.72 Å². The number of rotatable bonds is 2. The zero-order valence-corrected chi connectivity index (χ0v) is 10.4. The van der Waals surface area contributed by atoms with Crippen LogP contribution in [0, 0.1) is 0 Å². The van der Waals surface area contributed by atoms with E-state index < -0.39 is 27.1 Å². The van der Waals surface area contributed by atoms with E-state index in [0.29, 0.717) is 11.1 Å². The van der Waals surface area contributed by atoms with Gasteiger partial charge in [0.25, 0.3) is 0 Å². The number of benzene rings is 1. The van der Waals surface area contributed by atoms with Crippen LogP contribution < -0.4 is 4.72 Å². The SMILES string of the molecule is COC(=O)c1ccc(C2CC(=O)NS2(=O)=O)cc1. The van der Waals surface area contributed by atoms with E-state index in [1.165, 1.54) is 31.4 Å². The van der Waals surface area contributed by atoms with Crippen LogP contribution in [0.5, 0.6) is 0 Å². The molecule has 1 unspecified atom stereocenters. The zero-order valence-electron chi connectivity index (χ0n) is 9.54.